The van der Waals surface area contributed by atoms with Crippen molar-refractivity contribution in [2.75, 3.05) is 19.7 Å². The molecule has 0 bridgehead atoms. The van der Waals surface area contributed by atoms with Gasteiger partial charge in [-0.1, -0.05) is 91.0 Å². The standard InChI is InChI=1S/C24H26N2O/c27-19-16-23-25-17-18-26(23)24(20-10-4-1-5-11-20,21-12-6-2-7-13-21)22-14-8-3-9-15-22/h1-15,23,25,27H,16-19H2. The predicted octanol–water partition coefficient (Wildman–Crippen LogP) is 3.59. The van der Waals surface area contributed by atoms with E-state index >= 15 is 0 Å². The molecule has 1 aliphatic rings. The lowest BCUT2D eigenvalue weighted by Crippen LogP contribution is -2.52. The number of aliphatic hydroxyl groups excluding tert-OH is 1. The Kier molecular flexibility index (Phi) is 5.35. The third-order valence-electron chi connectivity index (χ3n) is 5.52. The van der Waals surface area contributed by atoms with Crippen molar-refractivity contribution in [3.05, 3.63) is 108 Å². The van der Waals surface area contributed by atoms with Gasteiger partial charge in [0.15, 0.2) is 0 Å². The molecular weight excluding hydrogens is 332 g/mol. The van der Waals surface area contributed by atoms with E-state index in [9.17, 15) is 5.11 Å². The van der Waals surface area contributed by atoms with Crippen LogP contribution in [0.25, 0.3) is 0 Å². The first kappa shape index (κ1) is 17.9. The van der Waals surface area contributed by atoms with Gasteiger partial charge in [0.25, 0.3) is 0 Å². The number of nitrogens with one attached hydrogen (secondary N) is 1. The Bertz CT molecular complexity index is 739. The second-order valence-electron chi connectivity index (χ2n) is 6.98. The minimum atomic E-state index is -0.410. The topological polar surface area (TPSA) is 35.5 Å². The predicted molar refractivity (Wildman–Crippen MR) is 109 cm³/mol. The minimum Gasteiger partial charge on any atom is -0.396 e. The van der Waals surface area contributed by atoms with Crippen LogP contribution in [0.4, 0.5) is 0 Å². The summed E-state index contributed by atoms with van der Waals surface area (Å²) in [5.74, 6) is 0. The summed E-state index contributed by atoms with van der Waals surface area (Å²) in [5, 5.41) is 13.2. The Balaban J connectivity index is 2.01. The van der Waals surface area contributed by atoms with E-state index in [4.69, 9.17) is 0 Å². The normalized spacial score (nSPS) is 17.9. The van der Waals surface area contributed by atoms with Gasteiger partial charge >= 0.3 is 0 Å². The van der Waals surface area contributed by atoms with Gasteiger partial charge in [-0.25, -0.2) is 0 Å². The van der Waals surface area contributed by atoms with E-state index in [1.165, 1.54) is 16.7 Å². The fourth-order valence-electron chi connectivity index (χ4n) is 4.43. The number of benzene rings is 3. The van der Waals surface area contributed by atoms with Crippen molar-refractivity contribution in [1.29, 1.82) is 0 Å². The molecular formula is C24H26N2O. The van der Waals surface area contributed by atoms with Crippen molar-refractivity contribution in [2.45, 2.75) is 18.1 Å². The van der Waals surface area contributed by atoms with Crippen LogP contribution in [-0.4, -0.2) is 35.9 Å². The van der Waals surface area contributed by atoms with E-state index in [0.717, 1.165) is 13.1 Å². The molecule has 3 aromatic rings. The van der Waals surface area contributed by atoms with Crippen molar-refractivity contribution in [2.24, 2.45) is 0 Å². The molecule has 138 valence electrons. The molecule has 2 N–H and O–H groups in total. The van der Waals surface area contributed by atoms with Gasteiger partial charge < -0.3 is 10.4 Å². The van der Waals surface area contributed by atoms with Crippen molar-refractivity contribution in [3.8, 4) is 0 Å². The van der Waals surface area contributed by atoms with Crippen LogP contribution in [0.5, 0.6) is 0 Å². The van der Waals surface area contributed by atoms with Gasteiger partial charge in [-0.2, -0.15) is 0 Å². The zero-order valence-corrected chi connectivity index (χ0v) is 15.5. The lowest BCUT2D eigenvalue weighted by molar-refractivity contribution is 0.110. The SMILES string of the molecule is OCCC1NCCN1C(c1ccccc1)(c1ccccc1)c1ccccc1. The molecule has 0 saturated carbocycles. The average molecular weight is 358 g/mol. The number of nitrogens with zero attached hydrogens (tertiary/aromatic N) is 1. The summed E-state index contributed by atoms with van der Waals surface area (Å²) in [4.78, 5) is 2.52. The summed E-state index contributed by atoms with van der Waals surface area (Å²) in [5.41, 5.74) is 3.32. The zero-order valence-electron chi connectivity index (χ0n) is 15.5. The molecule has 0 radical (unpaired) electrons. The van der Waals surface area contributed by atoms with Crippen LogP contribution in [0.1, 0.15) is 23.1 Å². The Labute approximate surface area is 161 Å². The summed E-state index contributed by atoms with van der Waals surface area (Å²) in [7, 11) is 0. The number of hydrogen-bond donors (Lipinski definition) is 2. The van der Waals surface area contributed by atoms with Crippen LogP contribution in [0, 0.1) is 0 Å². The van der Waals surface area contributed by atoms with Gasteiger partial charge in [-0.3, -0.25) is 4.90 Å². The molecule has 3 aromatic carbocycles. The van der Waals surface area contributed by atoms with Gasteiger partial charge in [-0.05, 0) is 23.1 Å². The summed E-state index contributed by atoms with van der Waals surface area (Å²) in [6.07, 6.45) is 0.824. The summed E-state index contributed by atoms with van der Waals surface area (Å²) in [6.45, 7) is 2.00. The third kappa shape index (κ3) is 3.19. The summed E-state index contributed by atoms with van der Waals surface area (Å²) >= 11 is 0. The molecule has 0 aliphatic carbocycles. The maximum atomic E-state index is 9.66. The molecule has 1 aliphatic heterocycles. The highest BCUT2D eigenvalue weighted by Crippen LogP contribution is 2.44. The second-order valence-corrected chi connectivity index (χ2v) is 6.98. The van der Waals surface area contributed by atoms with Crippen LogP contribution < -0.4 is 5.32 Å². The fraction of sp³-hybridized carbons (Fsp3) is 0.250. The first-order valence-corrected chi connectivity index (χ1v) is 9.65. The minimum absolute atomic E-state index is 0.121. The van der Waals surface area contributed by atoms with Crippen molar-refractivity contribution >= 4 is 0 Å². The van der Waals surface area contributed by atoms with E-state index in [1.807, 2.05) is 0 Å². The largest absolute Gasteiger partial charge is 0.396 e. The van der Waals surface area contributed by atoms with Gasteiger partial charge in [0.1, 0.15) is 0 Å². The highest BCUT2D eigenvalue weighted by Gasteiger charge is 2.46. The van der Waals surface area contributed by atoms with Crippen molar-refractivity contribution < 1.29 is 5.11 Å². The maximum absolute atomic E-state index is 9.66. The quantitative estimate of drug-likeness (QED) is 0.661. The smallest absolute Gasteiger partial charge is 0.0985 e. The molecule has 1 heterocycles. The molecule has 4 rings (SSSR count). The maximum Gasteiger partial charge on any atom is 0.0985 e. The Morgan fingerprint density at radius 3 is 1.63 bits per heavy atom. The number of rotatable bonds is 6. The molecule has 1 saturated heterocycles. The van der Waals surface area contributed by atoms with Crippen molar-refractivity contribution in [1.82, 2.24) is 10.2 Å². The molecule has 3 heteroatoms. The monoisotopic (exact) mass is 358 g/mol. The molecule has 0 spiro atoms. The third-order valence-corrected chi connectivity index (χ3v) is 5.52. The van der Waals surface area contributed by atoms with E-state index in [-0.39, 0.29) is 12.8 Å². The fourth-order valence-corrected chi connectivity index (χ4v) is 4.43. The second kappa shape index (κ2) is 8.05. The highest BCUT2D eigenvalue weighted by atomic mass is 16.3. The molecule has 1 atom stereocenters. The first-order valence-electron chi connectivity index (χ1n) is 9.65. The Hall–Kier alpha value is -2.46. The molecule has 1 fully saturated rings. The molecule has 0 aromatic heterocycles. The van der Waals surface area contributed by atoms with Gasteiger partial charge in [0.05, 0.1) is 11.7 Å². The molecule has 3 nitrogen and oxygen atoms in total. The van der Waals surface area contributed by atoms with Gasteiger partial charge in [-0.15, -0.1) is 0 Å². The van der Waals surface area contributed by atoms with E-state index < -0.39 is 5.54 Å². The van der Waals surface area contributed by atoms with Crippen LogP contribution in [0.3, 0.4) is 0 Å². The highest BCUT2D eigenvalue weighted by molar-refractivity contribution is 5.50. The number of hydrogen-bond acceptors (Lipinski definition) is 3. The lowest BCUT2D eigenvalue weighted by atomic mass is 9.75. The van der Waals surface area contributed by atoms with Gasteiger partial charge in [0.2, 0.25) is 0 Å². The zero-order chi connectivity index (χ0) is 18.5. The van der Waals surface area contributed by atoms with Crippen LogP contribution in [-0.2, 0) is 5.54 Å². The van der Waals surface area contributed by atoms with E-state index in [2.05, 4.69) is 101 Å². The number of aliphatic hydroxyl groups is 1. The van der Waals surface area contributed by atoms with Crippen molar-refractivity contribution in [3.63, 3.8) is 0 Å². The van der Waals surface area contributed by atoms with Crippen LogP contribution in [0.2, 0.25) is 0 Å². The van der Waals surface area contributed by atoms with E-state index in [0.29, 0.717) is 6.42 Å². The van der Waals surface area contributed by atoms with Gasteiger partial charge in [0, 0.05) is 19.7 Å². The summed E-state index contributed by atoms with van der Waals surface area (Å²) < 4.78 is 0. The van der Waals surface area contributed by atoms with Crippen LogP contribution >= 0.6 is 0 Å². The molecule has 0 amide bonds. The summed E-state index contributed by atoms with van der Waals surface area (Å²) in [6, 6.07) is 32.2. The van der Waals surface area contributed by atoms with Crippen LogP contribution in [0.15, 0.2) is 91.0 Å². The Morgan fingerprint density at radius 2 is 1.22 bits per heavy atom. The Morgan fingerprint density at radius 1 is 0.778 bits per heavy atom. The molecule has 27 heavy (non-hydrogen) atoms. The first-order chi connectivity index (χ1) is 13.4. The lowest BCUT2D eigenvalue weighted by Gasteiger charge is -2.46. The average Bonchev–Trinajstić information content (AvgIpc) is 3.20. The molecule has 1 unspecified atom stereocenters. The van der Waals surface area contributed by atoms with E-state index in [1.54, 1.807) is 0 Å².